The van der Waals surface area contributed by atoms with E-state index in [4.69, 9.17) is 23.2 Å². The highest BCUT2D eigenvalue weighted by Crippen LogP contribution is 2.31. The van der Waals surface area contributed by atoms with Crippen molar-refractivity contribution in [3.05, 3.63) is 62.7 Å². The third-order valence-electron chi connectivity index (χ3n) is 3.99. The van der Waals surface area contributed by atoms with Crippen LogP contribution in [0.15, 0.2) is 57.7 Å². The van der Waals surface area contributed by atoms with Gasteiger partial charge in [0.2, 0.25) is 10.0 Å². The van der Waals surface area contributed by atoms with Crippen molar-refractivity contribution in [2.75, 3.05) is 14.1 Å². The zero-order valence-electron chi connectivity index (χ0n) is 15.3. The molecule has 0 aliphatic rings. The molecule has 10 heteroatoms. The summed E-state index contributed by atoms with van der Waals surface area (Å²) >= 11 is 14.0. The fraction of sp³-hybridized carbons (Fsp3) is 0.167. The van der Waals surface area contributed by atoms with Crippen LogP contribution in [0.1, 0.15) is 0 Å². The second kappa shape index (κ2) is 9.11. The summed E-state index contributed by atoms with van der Waals surface area (Å²) in [7, 11) is 1.29. The van der Waals surface area contributed by atoms with Crippen LogP contribution < -0.4 is 4.80 Å². The van der Waals surface area contributed by atoms with Crippen molar-refractivity contribution < 1.29 is 8.42 Å². The molecular formula is C18H18BrCl2N3O2S2. The molecule has 150 valence electrons. The number of hydrogen-bond acceptors (Lipinski definition) is 4. The van der Waals surface area contributed by atoms with Crippen molar-refractivity contribution in [2.45, 2.75) is 4.90 Å². The molecule has 0 amide bonds. The highest BCUT2D eigenvalue weighted by atomic mass is 79.9. The predicted molar refractivity (Wildman–Crippen MR) is 122 cm³/mol. The Hall–Kier alpha value is -1.16. The topological polar surface area (TPSA) is 54.7 Å². The Morgan fingerprint density at radius 3 is 2.39 bits per heavy atom. The molecule has 0 unspecified atom stereocenters. The molecule has 0 N–H and O–H groups in total. The number of halogens is 3. The van der Waals surface area contributed by atoms with Crippen LogP contribution in [0.4, 0.5) is 5.69 Å². The number of para-hydroxylation sites is 1. The monoisotopic (exact) mass is 521 g/mol. The second-order valence-electron chi connectivity index (χ2n) is 5.95. The normalized spacial score (nSPS) is 12.3. The molecule has 0 fully saturated rings. The lowest BCUT2D eigenvalue weighted by Crippen LogP contribution is -2.22. The summed E-state index contributed by atoms with van der Waals surface area (Å²) in [5.74, 6) is 0. The smallest absolute Gasteiger partial charge is 0.242 e. The van der Waals surface area contributed by atoms with Gasteiger partial charge in [0.15, 0.2) is 4.80 Å². The minimum absolute atomic E-state index is 0. The van der Waals surface area contributed by atoms with Gasteiger partial charge in [-0.3, -0.25) is 0 Å². The van der Waals surface area contributed by atoms with Crippen molar-refractivity contribution in [1.29, 1.82) is 0 Å². The van der Waals surface area contributed by atoms with Gasteiger partial charge in [0.1, 0.15) is 0 Å². The summed E-state index contributed by atoms with van der Waals surface area (Å²) in [4.78, 5) is 5.50. The van der Waals surface area contributed by atoms with E-state index in [1.54, 1.807) is 18.2 Å². The van der Waals surface area contributed by atoms with Gasteiger partial charge in [0.05, 0.1) is 21.3 Å². The fourth-order valence-electron chi connectivity index (χ4n) is 2.43. The molecule has 0 aliphatic heterocycles. The molecule has 3 rings (SSSR count). The first kappa shape index (κ1) is 23.1. The average molecular weight is 523 g/mol. The van der Waals surface area contributed by atoms with Crippen LogP contribution in [0, 0.1) is 0 Å². The third kappa shape index (κ3) is 4.53. The van der Waals surface area contributed by atoms with Gasteiger partial charge in [-0.2, -0.15) is 0 Å². The third-order valence-corrected chi connectivity index (χ3v) is 7.36. The van der Waals surface area contributed by atoms with Crippen molar-refractivity contribution in [2.24, 2.45) is 12.0 Å². The second-order valence-corrected chi connectivity index (χ2v) is 9.76. The van der Waals surface area contributed by atoms with E-state index in [2.05, 4.69) is 4.99 Å². The quantitative estimate of drug-likeness (QED) is 0.477. The molecule has 5 nitrogen and oxygen atoms in total. The molecule has 0 saturated heterocycles. The molecule has 0 atom stereocenters. The van der Waals surface area contributed by atoms with Crippen LogP contribution in [0.2, 0.25) is 10.0 Å². The molecule has 3 aromatic rings. The summed E-state index contributed by atoms with van der Waals surface area (Å²) in [6.07, 6.45) is 0. The summed E-state index contributed by atoms with van der Waals surface area (Å²) in [5, 5.41) is 2.91. The molecule has 1 heterocycles. The van der Waals surface area contributed by atoms with Crippen LogP contribution in [0.3, 0.4) is 0 Å². The number of sulfonamides is 1. The molecule has 0 spiro atoms. The van der Waals surface area contributed by atoms with E-state index in [0.29, 0.717) is 21.3 Å². The van der Waals surface area contributed by atoms with Crippen LogP contribution in [0.5, 0.6) is 0 Å². The van der Waals surface area contributed by atoms with Crippen molar-refractivity contribution in [3.63, 3.8) is 0 Å². The standard InChI is InChI=1S/C18H17Cl2N3O2S2.BrH/c1-22(2)27(24,25)12-8-9-14(19)13(10-12)17-11-26-18(23(17)3)21-16-7-5-4-6-15(16)20;/h4-11H,1-3H3;1H/b21-18+;. The Labute approximate surface area is 188 Å². The van der Waals surface area contributed by atoms with Gasteiger partial charge >= 0.3 is 0 Å². The average Bonchev–Trinajstić information content (AvgIpc) is 2.97. The molecular weight excluding hydrogens is 505 g/mol. The Balaban J connectivity index is 0.00000280. The van der Waals surface area contributed by atoms with E-state index in [-0.39, 0.29) is 21.9 Å². The van der Waals surface area contributed by atoms with Gasteiger partial charge < -0.3 is 4.57 Å². The van der Waals surface area contributed by atoms with Crippen molar-refractivity contribution in [3.8, 4) is 11.3 Å². The number of hydrogen-bond donors (Lipinski definition) is 0. The zero-order valence-corrected chi connectivity index (χ0v) is 20.1. The summed E-state index contributed by atoms with van der Waals surface area (Å²) < 4.78 is 27.9. The van der Waals surface area contributed by atoms with Gasteiger partial charge in [-0.25, -0.2) is 17.7 Å². The van der Waals surface area contributed by atoms with Crippen molar-refractivity contribution in [1.82, 2.24) is 8.87 Å². The zero-order chi connectivity index (χ0) is 19.8. The van der Waals surface area contributed by atoms with E-state index in [1.807, 2.05) is 35.2 Å². The minimum Gasteiger partial charge on any atom is -0.319 e. The molecule has 0 radical (unpaired) electrons. The fourth-order valence-corrected chi connectivity index (χ4v) is 4.66. The van der Waals surface area contributed by atoms with Crippen LogP contribution in [0.25, 0.3) is 11.3 Å². The molecule has 0 saturated carbocycles. The first-order valence-electron chi connectivity index (χ1n) is 7.88. The lowest BCUT2D eigenvalue weighted by Gasteiger charge is -2.13. The van der Waals surface area contributed by atoms with E-state index < -0.39 is 10.0 Å². The summed E-state index contributed by atoms with van der Waals surface area (Å²) in [6.45, 7) is 0. The number of thiazole rings is 1. The number of benzene rings is 2. The van der Waals surface area contributed by atoms with E-state index in [1.165, 1.54) is 35.8 Å². The van der Waals surface area contributed by atoms with Crippen LogP contribution in [-0.4, -0.2) is 31.4 Å². The van der Waals surface area contributed by atoms with Gasteiger partial charge in [-0.15, -0.1) is 28.3 Å². The summed E-state index contributed by atoms with van der Waals surface area (Å²) in [6, 6.07) is 12.0. The van der Waals surface area contributed by atoms with E-state index in [0.717, 1.165) is 10.5 Å². The predicted octanol–water partition coefficient (Wildman–Crippen LogP) is 5.12. The van der Waals surface area contributed by atoms with Gasteiger partial charge in [0, 0.05) is 37.1 Å². The Morgan fingerprint density at radius 1 is 1.07 bits per heavy atom. The molecule has 1 aromatic heterocycles. The Kier molecular flexibility index (Phi) is 7.52. The van der Waals surface area contributed by atoms with Gasteiger partial charge in [-0.05, 0) is 30.3 Å². The number of aromatic nitrogens is 1. The number of rotatable bonds is 4. The summed E-state index contributed by atoms with van der Waals surface area (Å²) in [5.41, 5.74) is 2.06. The molecule has 0 aliphatic carbocycles. The lowest BCUT2D eigenvalue weighted by molar-refractivity contribution is 0.521. The first-order valence-corrected chi connectivity index (χ1v) is 11.0. The molecule has 2 aromatic carbocycles. The van der Waals surface area contributed by atoms with Crippen molar-refractivity contribution >= 4 is 67.2 Å². The first-order chi connectivity index (χ1) is 12.7. The lowest BCUT2D eigenvalue weighted by atomic mass is 10.2. The SMILES string of the molecule is Br.CN(C)S(=O)(=O)c1ccc(Cl)c(-c2cs/c(=N/c3ccccc3Cl)n2C)c1. The number of nitrogens with zero attached hydrogens (tertiary/aromatic N) is 3. The Bertz CT molecular complexity index is 1170. The largest absolute Gasteiger partial charge is 0.319 e. The maximum Gasteiger partial charge on any atom is 0.242 e. The van der Waals surface area contributed by atoms with Gasteiger partial charge in [0.25, 0.3) is 0 Å². The van der Waals surface area contributed by atoms with Crippen LogP contribution in [-0.2, 0) is 17.1 Å². The molecule has 0 bridgehead atoms. The van der Waals surface area contributed by atoms with E-state index >= 15 is 0 Å². The Morgan fingerprint density at radius 2 is 1.75 bits per heavy atom. The van der Waals surface area contributed by atoms with E-state index in [9.17, 15) is 8.42 Å². The maximum absolute atomic E-state index is 12.4. The highest BCUT2D eigenvalue weighted by Gasteiger charge is 2.20. The maximum atomic E-state index is 12.4. The van der Waals surface area contributed by atoms with Gasteiger partial charge in [-0.1, -0.05) is 35.3 Å². The van der Waals surface area contributed by atoms with Crippen LogP contribution >= 0.6 is 51.5 Å². The molecule has 28 heavy (non-hydrogen) atoms. The highest BCUT2D eigenvalue weighted by molar-refractivity contribution is 8.93. The minimum atomic E-state index is -3.56.